The molecule has 0 fully saturated rings. The van der Waals surface area contributed by atoms with Crippen molar-refractivity contribution in [3.05, 3.63) is 58.9 Å². The van der Waals surface area contributed by atoms with Gasteiger partial charge in [0.25, 0.3) is 0 Å². The highest BCUT2D eigenvalue weighted by Gasteiger charge is 2.31. The maximum absolute atomic E-state index is 13.9. The zero-order valence-corrected chi connectivity index (χ0v) is 10.8. The highest BCUT2D eigenvalue weighted by Crippen LogP contribution is 2.30. The van der Waals surface area contributed by atoms with Crippen LogP contribution in [0, 0.1) is 29.1 Å². The third kappa shape index (κ3) is 2.71. The summed E-state index contributed by atoms with van der Waals surface area (Å²) in [6.45, 7) is 1.84. The number of nitrogens with one attached hydrogen (secondary N) is 1. The van der Waals surface area contributed by atoms with Crippen molar-refractivity contribution in [2.24, 2.45) is 0 Å². The van der Waals surface area contributed by atoms with Gasteiger partial charge in [0.2, 0.25) is 5.82 Å². The van der Waals surface area contributed by atoms with Crippen molar-refractivity contribution < 1.29 is 22.0 Å². The molecule has 0 amide bonds. The van der Waals surface area contributed by atoms with Crippen LogP contribution in [0.25, 0.3) is 0 Å². The van der Waals surface area contributed by atoms with Gasteiger partial charge in [-0.05, 0) is 6.54 Å². The van der Waals surface area contributed by atoms with Gasteiger partial charge in [0.15, 0.2) is 23.3 Å². The third-order valence-corrected chi connectivity index (χ3v) is 2.82. The lowest BCUT2D eigenvalue weighted by Crippen LogP contribution is -2.26. The van der Waals surface area contributed by atoms with E-state index in [1.165, 1.54) is 18.6 Å². The standard InChI is InChI=1S/C13H10F5N3/c1-2-20-13(6-5-19-3-4-21-6)7-8(14)10(16)12(18)11(17)9(7)15/h3-5,13,20H,2H2,1H3. The molecular weight excluding hydrogens is 293 g/mol. The second-order valence-corrected chi connectivity index (χ2v) is 4.10. The summed E-state index contributed by atoms with van der Waals surface area (Å²) < 4.78 is 67.4. The monoisotopic (exact) mass is 303 g/mol. The molecule has 2 rings (SSSR count). The number of aromatic nitrogens is 2. The molecule has 0 aliphatic heterocycles. The first kappa shape index (κ1) is 15.3. The molecule has 112 valence electrons. The fourth-order valence-electron chi connectivity index (χ4n) is 1.89. The Morgan fingerprint density at radius 1 is 0.952 bits per heavy atom. The number of rotatable bonds is 4. The summed E-state index contributed by atoms with van der Waals surface area (Å²) in [5, 5.41) is 2.63. The van der Waals surface area contributed by atoms with E-state index < -0.39 is 40.7 Å². The van der Waals surface area contributed by atoms with E-state index in [1.807, 2.05) is 0 Å². The van der Waals surface area contributed by atoms with Crippen LogP contribution in [-0.2, 0) is 0 Å². The van der Waals surface area contributed by atoms with Crippen molar-refractivity contribution >= 4 is 0 Å². The Morgan fingerprint density at radius 2 is 1.52 bits per heavy atom. The number of nitrogens with zero attached hydrogens (tertiary/aromatic N) is 2. The Kier molecular flexibility index (Phi) is 4.46. The molecule has 21 heavy (non-hydrogen) atoms. The Bertz CT molecular complexity index is 619. The van der Waals surface area contributed by atoms with Gasteiger partial charge in [-0.2, -0.15) is 0 Å². The number of benzene rings is 1. The van der Waals surface area contributed by atoms with Crippen molar-refractivity contribution in [2.75, 3.05) is 6.54 Å². The lowest BCUT2D eigenvalue weighted by atomic mass is 10.0. The largest absolute Gasteiger partial charge is 0.305 e. The van der Waals surface area contributed by atoms with Crippen LogP contribution in [0.4, 0.5) is 22.0 Å². The van der Waals surface area contributed by atoms with Gasteiger partial charge in [-0.15, -0.1) is 0 Å². The van der Waals surface area contributed by atoms with Gasteiger partial charge < -0.3 is 5.32 Å². The summed E-state index contributed by atoms with van der Waals surface area (Å²) in [7, 11) is 0. The molecule has 0 aliphatic rings. The molecule has 1 atom stereocenters. The van der Waals surface area contributed by atoms with Gasteiger partial charge in [0, 0.05) is 12.4 Å². The minimum Gasteiger partial charge on any atom is -0.305 e. The SMILES string of the molecule is CCNC(c1cnccn1)c1c(F)c(F)c(F)c(F)c1F. The molecule has 2 aromatic rings. The van der Waals surface area contributed by atoms with E-state index in [0.29, 0.717) is 0 Å². The van der Waals surface area contributed by atoms with E-state index in [9.17, 15) is 22.0 Å². The van der Waals surface area contributed by atoms with E-state index >= 15 is 0 Å². The molecule has 0 bridgehead atoms. The predicted molar refractivity (Wildman–Crippen MR) is 63.8 cm³/mol. The third-order valence-electron chi connectivity index (χ3n) is 2.82. The quantitative estimate of drug-likeness (QED) is 0.536. The molecule has 0 spiro atoms. The van der Waals surface area contributed by atoms with Gasteiger partial charge in [-0.3, -0.25) is 9.97 Å². The predicted octanol–water partition coefficient (Wildman–Crippen LogP) is 2.87. The summed E-state index contributed by atoms with van der Waals surface area (Å²) in [4.78, 5) is 7.57. The van der Waals surface area contributed by atoms with Gasteiger partial charge >= 0.3 is 0 Å². The van der Waals surface area contributed by atoms with Crippen LogP contribution in [0.1, 0.15) is 24.2 Å². The average molecular weight is 303 g/mol. The van der Waals surface area contributed by atoms with Crippen molar-refractivity contribution in [2.45, 2.75) is 13.0 Å². The number of hydrogen-bond acceptors (Lipinski definition) is 3. The van der Waals surface area contributed by atoms with Crippen LogP contribution in [0.3, 0.4) is 0 Å². The maximum Gasteiger partial charge on any atom is 0.200 e. The Morgan fingerprint density at radius 3 is 2.00 bits per heavy atom. The van der Waals surface area contributed by atoms with Crippen LogP contribution in [0.15, 0.2) is 18.6 Å². The Labute approximate surface area is 116 Å². The molecule has 0 radical (unpaired) electrons. The van der Waals surface area contributed by atoms with Crippen molar-refractivity contribution in [3.8, 4) is 0 Å². The maximum atomic E-state index is 13.9. The lowest BCUT2D eigenvalue weighted by molar-refractivity contribution is 0.361. The first-order valence-corrected chi connectivity index (χ1v) is 5.99. The van der Waals surface area contributed by atoms with E-state index in [0.717, 1.165) is 0 Å². The average Bonchev–Trinajstić information content (AvgIpc) is 2.51. The number of halogens is 5. The highest BCUT2D eigenvalue weighted by atomic mass is 19.2. The fraction of sp³-hybridized carbons (Fsp3) is 0.231. The van der Waals surface area contributed by atoms with Crippen LogP contribution >= 0.6 is 0 Å². The first-order chi connectivity index (χ1) is 9.99. The van der Waals surface area contributed by atoms with Gasteiger partial charge in [0.1, 0.15) is 0 Å². The highest BCUT2D eigenvalue weighted by molar-refractivity contribution is 5.32. The molecule has 0 aliphatic carbocycles. The Balaban J connectivity index is 2.67. The summed E-state index contributed by atoms with van der Waals surface area (Å²) in [5.41, 5.74) is -0.934. The second kappa shape index (κ2) is 6.13. The van der Waals surface area contributed by atoms with Crippen molar-refractivity contribution in [1.82, 2.24) is 15.3 Å². The molecule has 3 nitrogen and oxygen atoms in total. The molecule has 8 heteroatoms. The van der Waals surface area contributed by atoms with E-state index in [2.05, 4.69) is 15.3 Å². The van der Waals surface area contributed by atoms with Crippen LogP contribution in [0.5, 0.6) is 0 Å². The van der Waals surface area contributed by atoms with Gasteiger partial charge in [-0.25, -0.2) is 22.0 Å². The topological polar surface area (TPSA) is 37.8 Å². The van der Waals surface area contributed by atoms with E-state index in [-0.39, 0.29) is 12.2 Å². The van der Waals surface area contributed by atoms with Crippen LogP contribution in [0.2, 0.25) is 0 Å². The summed E-state index contributed by atoms with van der Waals surface area (Å²) in [6.07, 6.45) is 3.77. The van der Waals surface area contributed by atoms with Crippen molar-refractivity contribution in [1.29, 1.82) is 0 Å². The molecule has 0 saturated heterocycles. The summed E-state index contributed by atoms with van der Waals surface area (Å²) in [5.74, 6) is -9.94. The van der Waals surface area contributed by atoms with E-state index in [1.54, 1.807) is 6.92 Å². The van der Waals surface area contributed by atoms with Crippen molar-refractivity contribution in [3.63, 3.8) is 0 Å². The molecule has 0 saturated carbocycles. The fourth-order valence-corrected chi connectivity index (χ4v) is 1.89. The minimum absolute atomic E-state index is 0.0440. The smallest absolute Gasteiger partial charge is 0.200 e. The van der Waals surface area contributed by atoms with Crippen LogP contribution in [-0.4, -0.2) is 16.5 Å². The lowest BCUT2D eigenvalue weighted by Gasteiger charge is -2.19. The molecular formula is C13H10F5N3. The Hall–Kier alpha value is -2.09. The first-order valence-electron chi connectivity index (χ1n) is 5.99. The van der Waals surface area contributed by atoms with Gasteiger partial charge in [-0.1, -0.05) is 6.92 Å². The molecule has 1 unspecified atom stereocenters. The number of hydrogen-bond donors (Lipinski definition) is 1. The van der Waals surface area contributed by atoms with Crippen LogP contribution < -0.4 is 5.32 Å². The summed E-state index contributed by atoms with van der Waals surface area (Å²) >= 11 is 0. The molecule has 1 N–H and O–H groups in total. The zero-order chi connectivity index (χ0) is 15.6. The normalized spacial score (nSPS) is 12.5. The zero-order valence-electron chi connectivity index (χ0n) is 10.8. The molecule has 1 aromatic heterocycles. The summed E-state index contributed by atoms with van der Waals surface area (Å²) in [6, 6.07) is -1.30. The van der Waals surface area contributed by atoms with Gasteiger partial charge in [0.05, 0.1) is 23.5 Å². The molecule has 1 heterocycles. The van der Waals surface area contributed by atoms with E-state index in [4.69, 9.17) is 0 Å². The second-order valence-electron chi connectivity index (χ2n) is 4.10. The molecule has 1 aromatic carbocycles. The minimum atomic E-state index is -2.19.